The second kappa shape index (κ2) is 9.94. The first-order valence-electron chi connectivity index (χ1n) is 10.2. The summed E-state index contributed by atoms with van der Waals surface area (Å²) in [5.74, 6) is -1.23. The Morgan fingerprint density at radius 2 is 1.73 bits per heavy atom. The van der Waals surface area contributed by atoms with Gasteiger partial charge in [-0.1, -0.05) is 18.2 Å². The summed E-state index contributed by atoms with van der Waals surface area (Å²) in [6.45, 7) is 0.828. The lowest BCUT2D eigenvalue weighted by Gasteiger charge is -2.26. The molecule has 1 aromatic heterocycles. The van der Waals surface area contributed by atoms with E-state index in [1.54, 1.807) is 0 Å². The van der Waals surface area contributed by atoms with Crippen LogP contribution in [-0.2, 0) is 24.3 Å². The van der Waals surface area contributed by atoms with Gasteiger partial charge in [-0.3, -0.25) is 4.79 Å². The smallest absolute Gasteiger partial charge is 0.341 e. The number of nitrogens with one attached hydrogen (secondary N) is 1. The summed E-state index contributed by atoms with van der Waals surface area (Å²) in [5, 5.41) is 6.69. The maximum absolute atomic E-state index is 12.6. The van der Waals surface area contributed by atoms with E-state index in [0.717, 1.165) is 5.69 Å². The van der Waals surface area contributed by atoms with Gasteiger partial charge in [0.2, 0.25) is 10.0 Å². The molecule has 1 fully saturated rings. The minimum Gasteiger partial charge on any atom is -0.452 e. The summed E-state index contributed by atoms with van der Waals surface area (Å²) in [5.41, 5.74) is 1.38. The summed E-state index contributed by atoms with van der Waals surface area (Å²) < 4.78 is 38.4. The highest BCUT2D eigenvalue weighted by Crippen LogP contribution is 2.19. The molecule has 2 heterocycles. The van der Waals surface area contributed by atoms with Crippen LogP contribution in [0.2, 0.25) is 0 Å². The number of esters is 1. The van der Waals surface area contributed by atoms with Crippen molar-refractivity contribution in [2.75, 3.05) is 38.2 Å². The number of para-hydroxylation sites is 1. The Morgan fingerprint density at radius 1 is 1.03 bits per heavy atom. The predicted molar refractivity (Wildman–Crippen MR) is 118 cm³/mol. The molecule has 1 saturated heterocycles. The van der Waals surface area contributed by atoms with E-state index in [1.807, 2.05) is 30.3 Å². The first kappa shape index (κ1) is 22.6. The Labute approximate surface area is 190 Å². The van der Waals surface area contributed by atoms with Crippen molar-refractivity contribution in [1.29, 1.82) is 0 Å². The number of amides is 1. The number of aromatic nitrogens is 2. The summed E-state index contributed by atoms with van der Waals surface area (Å²) >= 11 is 0. The van der Waals surface area contributed by atoms with Gasteiger partial charge in [0.05, 0.1) is 35.6 Å². The van der Waals surface area contributed by atoms with Crippen LogP contribution < -0.4 is 5.32 Å². The minimum absolute atomic E-state index is 0.129. The lowest BCUT2D eigenvalue weighted by Crippen LogP contribution is -2.40. The summed E-state index contributed by atoms with van der Waals surface area (Å²) in [6, 6.07) is 15.1. The number of nitrogens with zero attached hydrogens (tertiary/aromatic N) is 3. The Bertz CT molecular complexity index is 1220. The van der Waals surface area contributed by atoms with E-state index in [-0.39, 0.29) is 10.5 Å². The quantitative estimate of drug-likeness (QED) is 0.522. The molecule has 33 heavy (non-hydrogen) atoms. The van der Waals surface area contributed by atoms with Crippen LogP contribution in [0, 0.1) is 0 Å². The van der Waals surface area contributed by atoms with E-state index in [2.05, 4.69) is 10.4 Å². The molecule has 4 rings (SSSR count). The monoisotopic (exact) mass is 470 g/mol. The zero-order valence-corrected chi connectivity index (χ0v) is 18.4. The molecule has 3 aromatic rings. The fourth-order valence-electron chi connectivity index (χ4n) is 3.21. The van der Waals surface area contributed by atoms with E-state index in [0.29, 0.717) is 32.0 Å². The van der Waals surface area contributed by atoms with Gasteiger partial charge in [-0.15, -0.1) is 0 Å². The zero-order valence-electron chi connectivity index (χ0n) is 17.6. The molecule has 0 aliphatic carbocycles. The molecule has 0 spiro atoms. The second-order valence-corrected chi connectivity index (χ2v) is 9.11. The van der Waals surface area contributed by atoms with Crippen molar-refractivity contribution >= 4 is 27.6 Å². The van der Waals surface area contributed by atoms with E-state index in [9.17, 15) is 18.0 Å². The largest absolute Gasteiger partial charge is 0.452 e. The first-order valence-corrected chi connectivity index (χ1v) is 11.6. The molecule has 1 aliphatic rings. The number of benzene rings is 2. The minimum atomic E-state index is -3.61. The number of carbonyl (C=O) groups excluding carboxylic acids is 2. The zero-order chi connectivity index (χ0) is 23.3. The highest BCUT2D eigenvalue weighted by Gasteiger charge is 2.26. The Kier molecular flexibility index (Phi) is 6.82. The van der Waals surface area contributed by atoms with Gasteiger partial charge in [0.15, 0.2) is 6.61 Å². The number of anilines is 1. The van der Waals surface area contributed by atoms with Crippen molar-refractivity contribution in [2.24, 2.45) is 0 Å². The van der Waals surface area contributed by atoms with Crippen molar-refractivity contribution < 1.29 is 27.5 Å². The highest BCUT2D eigenvalue weighted by atomic mass is 32.2. The van der Waals surface area contributed by atoms with Gasteiger partial charge in [-0.2, -0.15) is 9.40 Å². The number of sulfonamides is 1. The lowest BCUT2D eigenvalue weighted by atomic mass is 10.3. The van der Waals surface area contributed by atoms with E-state index in [1.165, 1.54) is 45.6 Å². The fraction of sp³-hybridized carbons (Fsp3) is 0.227. The number of rotatable bonds is 7. The van der Waals surface area contributed by atoms with Crippen LogP contribution in [0.25, 0.3) is 5.69 Å². The fourth-order valence-corrected chi connectivity index (χ4v) is 4.62. The van der Waals surface area contributed by atoms with Gasteiger partial charge in [0.1, 0.15) is 0 Å². The molecule has 1 aliphatic heterocycles. The van der Waals surface area contributed by atoms with E-state index < -0.39 is 28.5 Å². The Hall–Kier alpha value is -3.54. The van der Waals surface area contributed by atoms with Crippen molar-refractivity contribution in [3.8, 4) is 5.69 Å². The Morgan fingerprint density at radius 3 is 2.42 bits per heavy atom. The highest BCUT2D eigenvalue weighted by molar-refractivity contribution is 7.89. The van der Waals surface area contributed by atoms with Crippen LogP contribution >= 0.6 is 0 Å². The van der Waals surface area contributed by atoms with Gasteiger partial charge in [0, 0.05) is 25.0 Å². The van der Waals surface area contributed by atoms with Crippen LogP contribution in [0.1, 0.15) is 10.4 Å². The van der Waals surface area contributed by atoms with Crippen LogP contribution in [-0.4, -0.2) is 67.3 Å². The third kappa shape index (κ3) is 5.45. The summed E-state index contributed by atoms with van der Waals surface area (Å²) in [6.07, 6.45) is 2.88. The molecule has 2 aromatic carbocycles. The van der Waals surface area contributed by atoms with Gasteiger partial charge in [0.25, 0.3) is 5.91 Å². The van der Waals surface area contributed by atoms with Gasteiger partial charge in [-0.05, 0) is 36.4 Å². The van der Waals surface area contributed by atoms with Crippen LogP contribution in [0.5, 0.6) is 0 Å². The molecule has 1 amide bonds. The number of carbonyl (C=O) groups is 2. The molecular weight excluding hydrogens is 448 g/mol. The number of hydrogen-bond acceptors (Lipinski definition) is 7. The van der Waals surface area contributed by atoms with Crippen molar-refractivity contribution in [3.05, 3.63) is 72.6 Å². The summed E-state index contributed by atoms with van der Waals surface area (Å²) in [4.78, 5) is 24.5. The molecular formula is C22H22N4O6S. The van der Waals surface area contributed by atoms with Gasteiger partial charge in [-0.25, -0.2) is 17.9 Å². The molecule has 0 unspecified atom stereocenters. The second-order valence-electron chi connectivity index (χ2n) is 7.17. The van der Waals surface area contributed by atoms with Gasteiger partial charge < -0.3 is 14.8 Å². The third-order valence-corrected chi connectivity index (χ3v) is 6.83. The van der Waals surface area contributed by atoms with Crippen LogP contribution in [0.3, 0.4) is 0 Å². The standard InChI is InChI=1S/C22H22N4O6S/c27-21(16-32-22(28)17-14-23-26(15-17)19-4-2-1-3-5-19)24-18-6-8-20(9-7-18)33(29,30)25-10-12-31-13-11-25/h1-9,14-15H,10-13,16H2,(H,24,27). The topological polar surface area (TPSA) is 120 Å². The van der Waals surface area contributed by atoms with Crippen molar-refractivity contribution in [3.63, 3.8) is 0 Å². The molecule has 11 heteroatoms. The Balaban J connectivity index is 1.30. The maximum Gasteiger partial charge on any atom is 0.341 e. The van der Waals surface area contributed by atoms with Crippen LogP contribution in [0.15, 0.2) is 71.9 Å². The maximum atomic E-state index is 12.6. The molecule has 0 saturated carbocycles. The summed E-state index contributed by atoms with van der Waals surface area (Å²) in [7, 11) is -3.61. The lowest BCUT2D eigenvalue weighted by molar-refractivity contribution is -0.119. The van der Waals surface area contributed by atoms with Crippen molar-refractivity contribution in [2.45, 2.75) is 4.90 Å². The SMILES string of the molecule is O=C(COC(=O)c1cnn(-c2ccccc2)c1)Nc1ccc(S(=O)(=O)N2CCOCC2)cc1. The van der Waals surface area contributed by atoms with Gasteiger partial charge >= 0.3 is 5.97 Å². The number of morpholine rings is 1. The molecule has 10 nitrogen and oxygen atoms in total. The average molecular weight is 471 g/mol. The normalized spacial score (nSPS) is 14.5. The number of hydrogen-bond donors (Lipinski definition) is 1. The molecule has 0 atom stereocenters. The average Bonchev–Trinajstić information content (AvgIpc) is 3.35. The van der Waals surface area contributed by atoms with Crippen LogP contribution in [0.4, 0.5) is 5.69 Å². The third-order valence-electron chi connectivity index (χ3n) is 4.92. The molecule has 172 valence electrons. The van der Waals surface area contributed by atoms with Crippen molar-refractivity contribution in [1.82, 2.24) is 14.1 Å². The molecule has 1 N–H and O–H groups in total. The first-order chi connectivity index (χ1) is 15.9. The molecule has 0 bridgehead atoms. The van der Waals surface area contributed by atoms with E-state index >= 15 is 0 Å². The number of ether oxygens (including phenoxy) is 2. The predicted octanol–water partition coefficient (Wildman–Crippen LogP) is 1.69. The molecule has 0 radical (unpaired) electrons. The van der Waals surface area contributed by atoms with E-state index in [4.69, 9.17) is 9.47 Å².